The molecule has 0 aromatic carbocycles. The number of aliphatic hydroxyl groups excluding tert-OH is 1. The van der Waals surface area contributed by atoms with Crippen LogP contribution < -0.4 is 0 Å². The summed E-state index contributed by atoms with van der Waals surface area (Å²) in [5.41, 5.74) is 0. The maximum absolute atomic E-state index is 8.64. The van der Waals surface area contributed by atoms with Crippen molar-refractivity contribution >= 4 is 0 Å². The first-order valence-electron chi connectivity index (χ1n) is 3.45. The van der Waals surface area contributed by atoms with Gasteiger partial charge in [0.25, 0.3) is 0 Å². The van der Waals surface area contributed by atoms with E-state index in [1.807, 2.05) is 6.92 Å². The van der Waals surface area contributed by atoms with E-state index in [0.717, 1.165) is 17.6 Å². The summed E-state index contributed by atoms with van der Waals surface area (Å²) in [5, 5.41) is 8.64. The van der Waals surface area contributed by atoms with Gasteiger partial charge in [-0.1, -0.05) is 0 Å². The predicted molar refractivity (Wildman–Crippen MR) is 42.4 cm³/mol. The van der Waals surface area contributed by atoms with E-state index >= 15 is 0 Å². The molecular weight excluding hydrogens is 126 g/mol. The van der Waals surface area contributed by atoms with Gasteiger partial charge in [-0.05, 0) is 12.8 Å². The van der Waals surface area contributed by atoms with Gasteiger partial charge in [0, 0.05) is 0 Å². The summed E-state index contributed by atoms with van der Waals surface area (Å²) in [4.78, 5) is 0. The lowest BCUT2D eigenvalue weighted by Gasteiger charge is -2.25. The number of hydrogen-bond donors (Lipinski definition) is 1. The molecule has 0 amide bonds. The van der Waals surface area contributed by atoms with Crippen LogP contribution in [0.4, 0.5) is 0 Å². The molecule has 0 spiro atoms. The van der Waals surface area contributed by atoms with Crippen LogP contribution in [0, 0.1) is 11.8 Å². The van der Waals surface area contributed by atoms with Crippen molar-refractivity contribution in [3.8, 4) is 11.8 Å². The zero-order valence-electron chi connectivity index (χ0n) is 7.02. The van der Waals surface area contributed by atoms with Crippen LogP contribution in [0.15, 0.2) is 0 Å². The summed E-state index contributed by atoms with van der Waals surface area (Å²) < 4.78 is 0.775. The van der Waals surface area contributed by atoms with Crippen LogP contribution >= 0.6 is 0 Å². The highest BCUT2D eigenvalue weighted by Crippen LogP contribution is 1.92. The first kappa shape index (κ1) is 9.48. The molecule has 0 bridgehead atoms. The summed E-state index contributed by atoms with van der Waals surface area (Å²) >= 11 is 0. The van der Waals surface area contributed by atoms with E-state index in [1.165, 1.54) is 0 Å². The maximum Gasteiger partial charge on any atom is 0.140 e. The highest BCUT2D eigenvalue weighted by atomic mass is 16.3. The quantitative estimate of drug-likeness (QED) is 0.437. The number of nitrogens with zero attached hydrogens (tertiary/aromatic N) is 1. The Hall–Kier alpha value is -0.520. The molecule has 0 radical (unpaired) electrons. The molecule has 1 N–H and O–H groups in total. The minimum Gasteiger partial charge on any atom is -0.391 e. The highest BCUT2D eigenvalue weighted by molar-refractivity contribution is 4.94. The van der Waals surface area contributed by atoms with E-state index in [-0.39, 0.29) is 6.61 Å². The molecule has 0 fully saturated rings. The Labute approximate surface area is 63.1 Å². The Morgan fingerprint density at radius 3 is 2.40 bits per heavy atom. The standard InChI is InChI=1S/C8H16NO/c1-4-5-6-9(2,3)7-8-10/h10H,6-8H2,1-3H3/q+1. The zero-order valence-corrected chi connectivity index (χ0v) is 7.02. The maximum atomic E-state index is 8.64. The van der Waals surface area contributed by atoms with Gasteiger partial charge in [-0.3, -0.25) is 0 Å². The monoisotopic (exact) mass is 142 g/mol. The van der Waals surface area contributed by atoms with Crippen LogP contribution in [-0.4, -0.2) is 43.4 Å². The van der Waals surface area contributed by atoms with E-state index in [1.54, 1.807) is 0 Å². The predicted octanol–water partition coefficient (Wildman–Crippen LogP) is 0.0784. The summed E-state index contributed by atoms with van der Waals surface area (Å²) in [6.45, 7) is 3.66. The average molecular weight is 142 g/mol. The molecular formula is C8H16NO+. The van der Waals surface area contributed by atoms with E-state index in [0.29, 0.717) is 0 Å². The van der Waals surface area contributed by atoms with Gasteiger partial charge in [0.1, 0.15) is 13.1 Å². The molecule has 0 aliphatic heterocycles. The van der Waals surface area contributed by atoms with Crippen LogP contribution in [0.1, 0.15) is 6.92 Å². The normalized spacial score (nSPS) is 10.4. The van der Waals surface area contributed by atoms with E-state index in [4.69, 9.17) is 5.11 Å². The lowest BCUT2D eigenvalue weighted by molar-refractivity contribution is -0.883. The zero-order chi connectivity index (χ0) is 8.04. The lowest BCUT2D eigenvalue weighted by atomic mass is 10.4. The molecule has 2 nitrogen and oxygen atoms in total. The number of hydrogen-bond acceptors (Lipinski definition) is 1. The SMILES string of the molecule is CC#CC[N+](C)(C)CCO. The van der Waals surface area contributed by atoms with E-state index < -0.39 is 0 Å². The van der Waals surface area contributed by atoms with Crippen molar-refractivity contribution in [2.75, 3.05) is 33.8 Å². The van der Waals surface area contributed by atoms with Crippen LogP contribution in [-0.2, 0) is 0 Å². The second kappa shape index (κ2) is 4.32. The number of rotatable bonds is 3. The van der Waals surface area contributed by atoms with Crippen LogP contribution in [0.2, 0.25) is 0 Å². The van der Waals surface area contributed by atoms with Gasteiger partial charge >= 0.3 is 0 Å². The van der Waals surface area contributed by atoms with Gasteiger partial charge < -0.3 is 9.59 Å². The van der Waals surface area contributed by atoms with E-state index in [9.17, 15) is 0 Å². The van der Waals surface area contributed by atoms with Crippen molar-refractivity contribution in [2.24, 2.45) is 0 Å². The van der Waals surface area contributed by atoms with Crippen molar-refractivity contribution in [3.63, 3.8) is 0 Å². The van der Waals surface area contributed by atoms with Gasteiger partial charge in [0.05, 0.1) is 20.7 Å². The molecule has 0 aromatic heterocycles. The topological polar surface area (TPSA) is 20.2 Å². The molecule has 0 rings (SSSR count). The first-order valence-corrected chi connectivity index (χ1v) is 3.45. The second-order valence-corrected chi connectivity index (χ2v) is 2.97. The average Bonchev–Trinajstić information content (AvgIpc) is 1.84. The first-order chi connectivity index (χ1) is 4.62. The Bertz CT molecular complexity index is 141. The van der Waals surface area contributed by atoms with Crippen molar-refractivity contribution in [1.82, 2.24) is 0 Å². The van der Waals surface area contributed by atoms with Gasteiger partial charge in [-0.25, -0.2) is 0 Å². The summed E-state index contributed by atoms with van der Waals surface area (Å²) in [6.07, 6.45) is 0. The fraction of sp³-hybridized carbons (Fsp3) is 0.750. The number of likely N-dealkylation sites (N-methyl/N-ethyl adjacent to an activating group) is 1. The molecule has 0 aliphatic rings. The summed E-state index contributed by atoms with van der Waals surface area (Å²) in [6, 6.07) is 0. The second-order valence-electron chi connectivity index (χ2n) is 2.97. The Morgan fingerprint density at radius 2 is 2.00 bits per heavy atom. The van der Waals surface area contributed by atoms with Gasteiger partial charge in [0.15, 0.2) is 0 Å². The molecule has 0 unspecified atom stereocenters. The minimum absolute atomic E-state index is 0.235. The Morgan fingerprint density at radius 1 is 1.40 bits per heavy atom. The largest absolute Gasteiger partial charge is 0.391 e. The van der Waals surface area contributed by atoms with Crippen molar-refractivity contribution in [2.45, 2.75) is 6.92 Å². The van der Waals surface area contributed by atoms with Gasteiger partial charge in [-0.15, -0.1) is 5.92 Å². The third-order valence-corrected chi connectivity index (χ3v) is 1.39. The molecule has 0 aromatic rings. The van der Waals surface area contributed by atoms with Crippen molar-refractivity contribution < 1.29 is 9.59 Å². The van der Waals surface area contributed by atoms with E-state index in [2.05, 4.69) is 25.9 Å². The molecule has 58 valence electrons. The Kier molecular flexibility index (Phi) is 4.10. The molecule has 0 saturated heterocycles. The van der Waals surface area contributed by atoms with Crippen molar-refractivity contribution in [1.29, 1.82) is 0 Å². The molecule has 0 atom stereocenters. The smallest absolute Gasteiger partial charge is 0.140 e. The summed E-state index contributed by atoms with van der Waals surface area (Å²) in [7, 11) is 4.11. The van der Waals surface area contributed by atoms with Gasteiger partial charge in [0.2, 0.25) is 0 Å². The minimum atomic E-state index is 0.235. The fourth-order valence-electron chi connectivity index (χ4n) is 0.643. The summed E-state index contributed by atoms with van der Waals surface area (Å²) in [5.74, 6) is 5.82. The Balaban J connectivity index is 3.70. The van der Waals surface area contributed by atoms with Crippen molar-refractivity contribution in [3.05, 3.63) is 0 Å². The number of quaternary nitrogens is 1. The third kappa shape index (κ3) is 4.37. The number of aliphatic hydroxyl groups is 1. The lowest BCUT2D eigenvalue weighted by Crippen LogP contribution is -2.42. The van der Waals surface area contributed by atoms with Gasteiger partial charge in [-0.2, -0.15) is 0 Å². The molecule has 0 aliphatic carbocycles. The van der Waals surface area contributed by atoms with Crippen LogP contribution in [0.25, 0.3) is 0 Å². The molecule has 0 heterocycles. The molecule has 10 heavy (non-hydrogen) atoms. The molecule has 2 heteroatoms. The highest BCUT2D eigenvalue weighted by Gasteiger charge is 2.10. The van der Waals surface area contributed by atoms with Crippen LogP contribution in [0.5, 0.6) is 0 Å². The third-order valence-electron chi connectivity index (χ3n) is 1.39. The molecule has 0 saturated carbocycles. The van der Waals surface area contributed by atoms with Crippen LogP contribution in [0.3, 0.4) is 0 Å². The fourth-order valence-corrected chi connectivity index (χ4v) is 0.643.